The summed E-state index contributed by atoms with van der Waals surface area (Å²) < 4.78 is 16.9. The van der Waals surface area contributed by atoms with E-state index in [1.807, 2.05) is 7.05 Å². The van der Waals surface area contributed by atoms with Gasteiger partial charge in [-0.3, -0.25) is 9.89 Å². The standard InChI is InChI=1S/C23H38N4O3.HI/c1-23(2,27-9-13-29-14-10-27)18-26-22(24-3)25-16-19-5-4-6-20(15-19)17-30-21-7-11-28-12-8-21;/h4-6,15,21H,7-14,16-18H2,1-3H3,(H2,24,25,26);1H. The summed E-state index contributed by atoms with van der Waals surface area (Å²) in [4.78, 5) is 6.86. The van der Waals surface area contributed by atoms with E-state index in [-0.39, 0.29) is 29.5 Å². The monoisotopic (exact) mass is 546 g/mol. The molecular formula is C23H39IN4O3. The normalized spacial score (nSPS) is 19.0. The number of ether oxygens (including phenoxy) is 3. The van der Waals surface area contributed by atoms with Crippen molar-refractivity contribution < 1.29 is 14.2 Å². The summed E-state index contributed by atoms with van der Waals surface area (Å²) in [7, 11) is 1.81. The van der Waals surface area contributed by atoms with Crippen molar-refractivity contribution in [1.82, 2.24) is 15.5 Å². The van der Waals surface area contributed by atoms with E-state index < -0.39 is 0 Å². The molecule has 1 aromatic rings. The minimum Gasteiger partial charge on any atom is -0.381 e. The van der Waals surface area contributed by atoms with Crippen molar-refractivity contribution in [1.29, 1.82) is 0 Å². The Bertz CT molecular complexity index is 675. The molecule has 2 aliphatic heterocycles. The van der Waals surface area contributed by atoms with Crippen molar-refractivity contribution >= 4 is 29.9 Å². The maximum Gasteiger partial charge on any atom is 0.191 e. The van der Waals surface area contributed by atoms with Gasteiger partial charge in [0.25, 0.3) is 0 Å². The summed E-state index contributed by atoms with van der Waals surface area (Å²) in [6, 6.07) is 8.56. The van der Waals surface area contributed by atoms with Crippen LogP contribution in [0.2, 0.25) is 0 Å². The van der Waals surface area contributed by atoms with Crippen LogP contribution in [0.25, 0.3) is 0 Å². The number of nitrogens with one attached hydrogen (secondary N) is 2. The molecule has 0 spiro atoms. The zero-order valence-electron chi connectivity index (χ0n) is 19.2. The molecule has 0 radical (unpaired) electrons. The Morgan fingerprint density at radius 3 is 2.48 bits per heavy atom. The number of morpholine rings is 1. The first-order valence-electron chi connectivity index (χ1n) is 11.1. The van der Waals surface area contributed by atoms with Crippen LogP contribution in [0.15, 0.2) is 29.3 Å². The Morgan fingerprint density at radius 1 is 1.10 bits per heavy atom. The minimum absolute atomic E-state index is 0. The van der Waals surface area contributed by atoms with Crippen LogP contribution >= 0.6 is 24.0 Å². The number of nitrogens with zero attached hydrogens (tertiary/aromatic N) is 2. The van der Waals surface area contributed by atoms with Gasteiger partial charge in [-0.15, -0.1) is 24.0 Å². The highest BCUT2D eigenvalue weighted by Gasteiger charge is 2.28. The van der Waals surface area contributed by atoms with Crippen molar-refractivity contribution in [2.45, 2.75) is 51.5 Å². The van der Waals surface area contributed by atoms with E-state index in [9.17, 15) is 0 Å². The van der Waals surface area contributed by atoms with Gasteiger partial charge in [-0.05, 0) is 37.8 Å². The SMILES string of the molecule is CN=C(NCc1cccc(COC2CCOCC2)c1)NCC(C)(C)N1CCOCC1.I. The number of guanidine groups is 1. The van der Waals surface area contributed by atoms with Gasteiger partial charge in [-0.2, -0.15) is 0 Å². The van der Waals surface area contributed by atoms with Crippen LogP contribution in [0.5, 0.6) is 0 Å². The lowest BCUT2D eigenvalue weighted by molar-refractivity contribution is -0.0390. The van der Waals surface area contributed by atoms with Gasteiger partial charge in [0.05, 0.1) is 25.9 Å². The van der Waals surface area contributed by atoms with Crippen molar-refractivity contribution in [3.63, 3.8) is 0 Å². The van der Waals surface area contributed by atoms with E-state index in [0.717, 1.165) is 71.4 Å². The molecule has 0 saturated carbocycles. The molecule has 0 atom stereocenters. The van der Waals surface area contributed by atoms with Gasteiger partial charge < -0.3 is 24.8 Å². The number of hydrogen-bond donors (Lipinski definition) is 2. The van der Waals surface area contributed by atoms with Gasteiger partial charge in [-0.1, -0.05) is 24.3 Å². The molecule has 2 saturated heterocycles. The first-order valence-corrected chi connectivity index (χ1v) is 11.1. The number of rotatable bonds is 8. The first-order chi connectivity index (χ1) is 14.6. The van der Waals surface area contributed by atoms with Crippen LogP contribution in [0, 0.1) is 0 Å². The zero-order chi connectivity index (χ0) is 21.2. The molecule has 2 aliphatic rings. The summed E-state index contributed by atoms with van der Waals surface area (Å²) in [5.41, 5.74) is 2.47. The third-order valence-corrected chi connectivity index (χ3v) is 5.88. The second-order valence-electron chi connectivity index (χ2n) is 8.63. The van der Waals surface area contributed by atoms with E-state index >= 15 is 0 Å². The topological polar surface area (TPSA) is 67.4 Å². The van der Waals surface area contributed by atoms with E-state index in [0.29, 0.717) is 12.7 Å². The van der Waals surface area contributed by atoms with Gasteiger partial charge in [0.1, 0.15) is 0 Å². The predicted octanol–water partition coefficient (Wildman–Crippen LogP) is 2.78. The fraction of sp³-hybridized carbons (Fsp3) is 0.696. The van der Waals surface area contributed by atoms with Crippen molar-refractivity contribution in [2.75, 3.05) is 53.1 Å². The molecule has 0 unspecified atom stereocenters. The highest BCUT2D eigenvalue weighted by molar-refractivity contribution is 14.0. The fourth-order valence-corrected chi connectivity index (χ4v) is 3.87. The Hall–Kier alpha value is -0.940. The molecule has 8 heteroatoms. The highest BCUT2D eigenvalue weighted by Crippen LogP contribution is 2.16. The van der Waals surface area contributed by atoms with E-state index in [4.69, 9.17) is 14.2 Å². The van der Waals surface area contributed by atoms with Crippen LogP contribution in [0.3, 0.4) is 0 Å². The van der Waals surface area contributed by atoms with Gasteiger partial charge in [0.2, 0.25) is 0 Å². The highest BCUT2D eigenvalue weighted by atomic mass is 127. The van der Waals surface area contributed by atoms with Crippen LogP contribution in [-0.2, 0) is 27.4 Å². The Labute approximate surface area is 204 Å². The molecule has 176 valence electrons. The zero-order valence-corrected chi connectivity index (χ0v) is 21.5. The molecule has 0 aliphatic carbocycles. The fourth-order valence-electron chi connectivity index (χ4n) is 3.87. The molecule has 2 heterocycles. The lowest BCUT2D eigenvalue weighted by atomic mass is 10.0. The minimum atomic E-state index is 0. The Kier molecular flexibility index (Phi) is 11.5. The second kappa shape index (κ2) is 13.6. The summed E-state index contributed by atoms with van der Waals surface area (Å²) in [6.45, 7) is 11.9. The Morgan fingerprint density at radius 2 is 1.77 bits per heavy atom. The number of hydrogen-bond acceptors (Lipinski definition) is 5. The summed E-state index contributed by atoms with van der Waals surface area (Å²) in [5, 5.41) is 6.91. The molecule has 1 aromatic carbocycles. The largest absolute Gasteiger partial charge is 0.381 e. The van der Waals surface area contributed by atoms with Gasteiger partial charge in [-0.25, -0.2) is 0 Å². The molecule has 7 nitrogen and oxygen atoms in total. The quantitative estimate of drug-likeness (QED) is 0.297. The lowest BCUT2D eigenvalue weighted by Gasteiger charge is -2.41. The van der Waals surface area contributed by atoms with Crippen LogP contribution in [0.1, 0.15) is 37.8 Å². The smallest absolute Gasteiger partial charge is 0.191 e. The first kappa shape index (κ1) is 26.3. The molecule has 2 fully saturated rings. The molecular weight excluding hydrogens is 507 g/mol. The predicted molar refractivity (Wildman–Crippen MR) is 135 cm³/mol. The molecule has 2 N–H and O–H groups in total. The summed E-state index contributed by atoms with van der Waals surface area (Å²) in [6.07, 6.45) is 2.30. The summed E-state index contributed by atoms with van der Waals surface area (Å²) in [5.74, 6) is 0.820. The molecule has 0 amide bonds. The molecule has 0 bridgehead atoms. The average Bonchev–Trinajstić information content (AvgIpc) is 2.79. The van der Waals surface area contributed by atoms with E-state index in [2.05, 4.69) is 58.6 Å². The van der Waals surface area contributed by atoms with Gasteiger partial charge in [0, 0.05) is 52.0 Å². The number of benzene rings is 1. The second-order valence-corrected chi connectivity index (χ2v) is 8.63. The van der Waals surface area contributed by atoms with Crippen LogP contribution in [-0.4, -0.2) is 75.6 Å². The Balaban J connectivity index is 0.00000341. The third-order valence-electron chi connectivity index (χ3n) is 5.88. The molecule has 31 heavy (non-hydrogen) atoms. The van der Waals surface area contributed by atoms with Crippen molar-refractivity contribution in [3.05, 3.63) is 35.4 Å². The average molecular weight is 546 g/mol. The van der Waals surface area contributed by atoms with Gasteiger partial charge in [0.15, 0.2) is 5.96 Å². The van der Waals surface area contributed by atoms with Gasteiger partial charge >= 0.3 is 0 Å². The van der Waals surface area contributed by atoms with Crippen molar-refractivity contribution in [3.8, 4) is 0 Å². The number of halogens is 1. The maximum atomic E-state index is 6.05. The van der Waals surface area contributed by atoms with Crippen LogP contribution in [0.4, 0.5) is 0 Å². The maximum absolute atomic E-state index is 6.05. The van der Waals surface area contributed by atoms with E-state index in [1.165, 1.54) is 11.1 Å². The van der Waals surface area contributed by atoms with E-state index in [1.54, 1.807) is 0 Å². The molecule has 3 rings (SSSR count). The lowest BCUT2D eigenvalue weighted by Crippen LogP contribution is -2.56. The third kappa shape index (κ3) is 8.84. The molecule has 0 aromatic heterocycles. The summed E-state index contributed by atoms with van der Waals surface area (Å²) >= 11 is 0. The number of aliphatic imine (C=N–C) groups is 1. The van der Waals surface area contributed by atoms with Crippen LogP contribution < -0.4 is 10.6 Å². The van der Waals surface area contributed by atoms with Crippen molar-refractivity contribution in [2.24, 2.45) is 4.99 Å².